The minimum Gasteiger partial charge on any atom is -0.481 e. The van der Waals surface area contributed by atoms with E-state index < -0.39 is 40.9 Å². The highest BCUT2D eigenvalue weighted by Crippen LogP contribution is 2.47. The molecule has 2 N–H and O–H groups in total. The molecule has 0 spiro atoms. The van der Waals surface area contributed by atoms with E-state index in [4.69, 9.17) is 14.6 Å². The van der Waals surface area contributed by atoms with Gasteiger partial charge in [-0.3, -0.25) is 9.59 Å². The summed E-state index contributed by atoms with van der Waals surface area (Å²) in [6, 6.07) is 0. The van der Waals surface area contributed by atoms with Crippen LogP contribution >= 0.6 is 0 Å². The van der Waals surface area contributed by atoms with Gasteiger partial charge in [-0.05, 0) is 64.5 Å². The number of likely N-dealkylation sites (N-methyl/N-ethyl adjacent to an activating group) is 2. The zero-order valence-electron chi connectivity index (χ0n) is 24.3. The molecule has 2 heterocycles. The van der Waals surface area contributed by atoms with Crippen molar-refractivity contribution in [3.05, 3.63) is 23.5 Å². The Morgan fingerprint density at radius 1 is 1.15 bits per heavy atom. The third kappa shape index (κ3) is 7.60. The monoisotopic (exact) mass is 548 g/mol. The predicted octanol–water partition coefficient (Wildman–Crippen LogP) is 4.10. The van der Waals surface area contributed by atoms with Crippen molar-refractivity contribution in [2.75, 3.05) is 33.8 Å². The summed E-state index contributed by atoms with van der Waals surface area (Å²) in [4.78, 5) is 40.3. The molecular weight excluding hydrogens is 504 g/mol. The van der Waals surface area contributed by atoms with Crippen LogP contribution in [0.5, 0.6) is 0 Å². The van der Waals surface area contributed by atoms with Gasteiger partial charge in [-0.15, -0.1) is 0 Å². The topological polar surface area (TPSA) is 134 Å². The number of carbonyl (C=O) groups is 3. The lowest BCUT2D eigenvalue weighted by Gasteiger charge is -2.39. The van der Waals surface area contributed by atoms with E-state index in [0.717, 1.165) is 24.8 Å². The van der Waals surface area contributed by atoms with E-state index in [-0.39, 0.29) is 12.6 Å². The number of amides is 1. The molecule has 1 aromatic rings. The lowest BCUT2D eigenvalue weighted by molar-refractivity contribution is -0.152. The molecule has 218 valence electrons. The molecule has 0 radical (unpaired) electrons. The minimum absolute atomic E-state index is 0.187. The van der Waals surface area contributed by atoms with Crippen LogP contribution in [-0.2, 0) is 25.6 Å². The molecule has 0 saturated carbocycles. The number of carboxylic acid groups (broad SMARTS) is 2. The molecule has 0 aromatic carbocycles. The second kappa shape index (κ2) is 12.1. The third-order valence-corrected chi connectivity index (χ3v) is 7.58. The average Bonchev–Trinajstić information content (AvgIpc) is 3.24. The van der Waals surface area contributed by atoms with E-state index >= 15 is 0 Å². The fraction of sp³-hybridized carbons (Fsp3) is 0.714. The molecular formula is C28H44N4O7. The molecule has 3 unspecified atom stereocenters. The summed E-state index contributed by atoms with van der Waals surface area (Å²) >= 11 is 0. The first-order valence-electron chi connectivity index (χ1n) is 13.6. The number of aromatic nitrogens is 2. The molecule has 1 aromatic heterocycles. The van der Waals surface area contributed by atoms with Gasteiger partial charge in [0.05, 0.1) is 17.5 Å². The molecule has 11 heteroatoms. The quantitative estimate of drug-likeness (QED) is 0.468. The standard InChI is InChI=1S/C28H44N4O7/c1-27(2,3)39-26(37)31(7)12-11-30(6)16-19-17-32(22-10-8-9-13-38-22)29-23(19)18-14-20(24(33)34)28(4,5)21(15-18)25(35)36/h14,17,20-22H,8-13,15-16H2,1-7H3,(H,33,34)(H,35,36). The first-order valence-corrected chi connectivity index (χ1v) is 13.6. The van der Waals surface area contributed by atoms with Crippen molar-refractivity contribution in [3.8, 4) is 0 Å². The van der Waals surface area contributed by atoms with Crippen LogP contribution in [0, 0.1) is 17.3 Å². The summed E-state index contributed by atoms with van der Waals surface area (Å²) in [6.07, 6.45) is 6.00. The van der Waals surface area contributed by atoms with E-state index in [1.807, 2.05) is 38.9 Å². The molecule has 1 fully saturated rings. The van der Waals surface area contributed by atoms with Gasteiger partial charge in [0, 0.05) is 45.0 Å². The largest absolute Gasteiger partial charge is 0.481 e. The Balaban J connectivity index is 1.88. The smallest absolute Gasteiger partial charge is 0.410 e. The summed E-state index contributed by atoms with van der Waals surface area (Å²) < 4.78 is 13.2. The zero-order chi connectivity index (χ0) is 29.1. The lowest BCUT2D eigenvalue weighted by Crippen LogP contribution is -2.43. The molecule has 1 aliphatic carbocycles. The van der Waals surface area contributed by atoms with Gasteiger partial charge in [0.1, 0.15) is 11.8 Å². The molecule has 11 nitrogen and oxygen atoms in total. The van der Waals surface area contributed by atoms with Gasteiger partial charge in [0.15, 0.2) is 0 Å². The highest BCUT2D eigenvalue weighted by atomic mass is 16.6. The third-order valence-electron chi connectivity index (χ3n) is 7.58. The van der Waals surface area contributed by atoms with Crippen molar-refractivity contribution in [1.29, 1.82) is 0 Å². The van der Waals surface area contributed by atoms with Gasteiger partial charge >= 0.3 is 18.0 Å². The second-order valence-corrected chi connectivity index (χ2v) is 12.4. The fourth-order valence-electron chi connectivity index (χ4n) is 5.17. The average molecular weight is 549 g/mol. The zero-order valence-corrected chi connectivity index (χ0v) is 24.3. The summed E-state index contributed by atoms with van der Waals surface area (Å²) in [7, 11) is 3.62. The molecule has 3 rings (SSSR count). The van der Waals surface area contributed by atoms with Gasteiger partial charge in [0.25, 0.3) is 0 Å². The van der Waals surface area contributed by atoms with Crippen molar-refractivity contribution in [2.24, 2.45) is 17.3 Å². The van der Waals surface area contributed by atoms with Crippen LogP contribution in [0.1, 0.15) is 77.8 Å². The molecule has 1 aliphatic heterocycles. The van der Waals surface area contributed by atoms with Gasteiger partial charge < -0.3 is 29.5 Å². The van der Waals surface area contributed by atoms with E-state index in [9.17, 15) is 24.6 Å². The summed E-state index contributed by atoms with van der Waals surface area (Å²) in [6.45, 7) is 11.0. The number of rotatable bonds is 9. The van der Waals surface area contributed by atoms with E-state index in [0.29, 0.717) is 37.5 Å². The predicted molar refractivity (Wildman–Crippen MR) is 145 cm³/mol. The van der Waals surface area contributed by atoms with E-state index in [2.05, 4.69) is 0 Å². The van der Waals surface area contributed by atoms with Crippen molar-refractivity contribution in [1.82, 2.24) is 19.6 Å². The number of allylic oxidation sites excluding steroid dienone is 1. The summed E-state index contributed by atoms with van der Waals surface area (Å²) in [5.41, 5.74) is 0.541. The number of hydrogen-bond acceptors (Lipinski definition) is 7. The number of carboxylic acids is 2. The van der Waals surface area contributed by atoms with Crippen LogP contribution in [0.4, 0.5) is 4.79 Å². The molecule has 3 atom stereocenters. The van der Waals surface area contributed by atoms with Crippen LogP contribution < -0.4 is 0 Å². The molecule has 1 amide bonds. The highest BCUT2D eigenvalue weighted by Gasteiger charge is 2.48. The minimum atomic E-state index is -1.05. The van der Waals surface area contributed by atoms with Gasteiger partial charge in [0.2, 0.25) is 0 Å². The van der Waals surface area contributed by atoms with Gasteiger partial charge in [-0.2, -0.15) is 5.10 Å². The maximum absolute atomic E-state index is 12.3. The van der Waals surface area contributed by atoms with Crippen molar-refractivity contribution >= 4 is 23.6 Å². The Hall–Kier alpha value is -2.92. The van der Waals surface area contributed by atoms with Gasteiger partial charge in [-0.1, -0.05) is 19.9 Å². The maximum Gasteiger partial charge on any atom is 0.410 e. The van der Waals surface area contributed by atoms with Crippen molar-refractivity contribution in [3.63, 3.8) is 0 Å². The number of carbonyl (C=O) groups excluding carboxylic acids is 1. The number of aliphatic carboxylic acids is 2. The highest BCUT2D eigenvalue weighted by molar-refractivity contribution is 5.84. The first kappa shape index (κ1) is 30.6. The maximum atomic E-state index is 12.3. The van der Waals surface area contributed by atoms with Crippen LogP contribution in [0.25, 0.3) is 5.57 Å². The van der Waals surface area contributed by atoms with Crippen LogP contribution in [-0.4, -0.2) is 87.2 Å². The van der Waals surface area contributed by atoms with Crippen molar-refractivity contribution < 1.29 is 34.1 Å². The number of hydrogen-bond donors (Lipinski definition) is 2. The Morgan fingerprint density at radius 2 is 1.85 bits per heavy atom. The normalized spacial score (nSPS) is 23.3. The Bertz CT molecular complexity index is 1080. The SMILES string of the molecule is CN(CCN(C)C(=O)OC(C)(C)C)Cc1cn(C2CCCCO2)nc1C1=CC(C(=O)O)C(C)(C)C(C(=O)O)C1. The first-order chi connectivity index (χ1) is 18.1. The molecule has 0 bridgehead atoms. The van der Waals surface area contributed by atoms with E-state index in [1.165, 1.54) is 4.90 Å². The molecule has 39 heavy (non-hydrogen) atoms. The number of nitrogens with zero attached hydrogens (tertiary/aromatic N) is 4. The molecule has 1 saturated heterocycles. The Morgan fingerprint density at radius 3 is 2.41 bits per heavy atom. The summed E-state index contributed by atoms with van der Waals surface area (Å²) in [5.74, 6) is -3.91. The second-order valence-electron chi connectivity index (χ2n) is 12.4. The van der Waals surface area contributed by atoms with Crippen molar-refractivity contribution in [2.45, 2.75) is 78.7 Å². The van der Waals surface area contributed by atoms with Crippen LogP contribution in [0.15, 0.2) is 12.3 Å². The van der Waals surface area contributed by atoms with Gasteiger partial charge in [-0.25, -0.2) is 9.48 Å². The van der Waals surface area contributed by atoms with Crippen LogP contribution in [0.2, 0.25) is 0 Å². The van der Waals surface area contributed by atoms with Crippen LogP contribution in [0.3, 0.4) is 0 Å². The fourth-order valence-corrected chi connectivity index (χ4v) is 5.17. The molecule has 2 aliphatic rings. The Kier molecular flexibility index (Phi) is 9.48. The van der Waals surface area contributed by atoms with E-state index in [1.54, 1.807) is 31.7 Å². The lowest BCUT2D eigenvalue weighted by atomic mass is 9.63. The Labute approximate surface area is 230 Å². The number of ether oxygens (including phenoxy) is 2. The summed E-state index contributed by atoms with van der Waals surface area (Å²) in [5, 5.41) is 24.8.